The first-order chi connectivity index (χ1) is 8.40. The van der Waals surface area contributed by atoms with Crippen LogP contribution in [0, 0.1) is 0 Å². The zero-order valence-corrected chi connectivity index (χ0v) is 13.7. The van der Waals surface area contributed by atoms with Crippen molar-refractivity contribution < 1.29 is 8.42 Å². The van der Waals surface area contributed by atoms with Crippen LogP contribution in [-0.2, 0) is 28.0 Å². The van der Waals surface area contributed by atoms with Gasteiger partial charge in [-0.1, -0.05) is 36.5 Å². The molecule has 0 N–H and O–H groups in total. The first-order valence-corrected chi connectivity index (χ1v) is 9.45. The summed E-state index contributed by atoms with van der Waals surface area (Å²) < 4.78 is 23.3. The SMILES string of the molecule is CCCCc1c(Cl)c(S(C)=O)cc(S(C)=O)c1Cl. The number of hydrogen-bond donors (Lipinski definition) is 0. The van der Waals surface area contributed by atoms with Crippen LogP contribution in [0.1, 0.15) is 25.3 Å². The quantitative estimate of drug-likeness (QED) is 0.824. The summed E-state index contributed by atoms with van der Waals surface area (Å²) in [7, 11) is -2.43. The van der Waals surface area contributed by atoms with E-state index in [1.54, 1.807) is 18.6 Å². The Morgan fingerprint density at radius 2 is 1.50 bits per heavy atom. The van der Waals surface area contributed by atoms with Crippen molar-refractivity contribution in [1.29, 1.82) is 0 Å². The van der Waals surface area contributed by atoms with Gasteiger partial charge in [-0.25, -0.2) is 0 Å². The van der Waals surface area contributed by atoms with Gasteiger partial charge in [0.25, 0.3) is 0 Å². The average Bonchev–Trinajstić information content (AvgIpc) is 2.28. The molecule has 1 rings (SSSR count). The maximum Gasteiger partial charge on any atom is 0.0615 e. The van der Waals surface area contributed by atoms with E-state index in [9.17, 15) is 8.42 Å². The third-order valence-electron chi connectivity index (χ3n) is 2.62. The highest BCUT2D eigenvalue weighted by atomic mass is 35.5. The van der Waals surface area contributed by atoms with Gasteiger partial charge in [0.2, 0.25) is 0 Å². The summed E-state index contributed by atoms with van der Waals surface area (Å²) in [5.41, 5.74) is 0.762. The van der Waals surface area contributed by atoms with Crippen LogP contribution < -0.4 is 0 Å². The van der Waals surface area contributed by atoms with Crippen molar-refractivity contribution in [3.63, 3.8) is 0 Å². The number of halogens is 2. The fourth-order valence-corrected chi connectivity index (χ4v) is 4.21. The number of benzene rings is 1. The van der Waals surface area contributed by atoms with Crippen molar-refractivity contribution in [2.45, 2.75) is 36.0 Å². The second kappa shape index (κ2) is 7.04. The second-order valence-electron chi connectivity index (χ2n) is 3.99. The molecule has 0 heterocycles. The van der Waals surface area contributed by atoms with Crippen LogP contribution in [0.25, 0.3) is 0 Å². The Bertz CT molecular complexity index is 463. The Balaban J connectivity index is 3.46. The Hall–Kier alpha value is 0.1000. The van der Waals surface area contributed by atoms with Gasteiger partial charge in [-0.2, -0.15) is 0 Å². The Morgan fingerprint density at radius 3 is 1.83 bits per heavy atom. The molecule has 0 saturated carbocycles. The van der Waals surface area contributed by atoms with Gasteiger partial charge in [-0.15, -0.1) is 0 Å². The standard InChI is InChI=1S/C12H16Cl2O2S2/c1-4-5-6-8-11(13)9(17(2)15)7-10(12(8)14)18(3)16/h7H,4-6H2,1-3H3. The molecular formula is C12H16Cl2O2S2. The molecule has 0 aromatic heterocycles. The number of hydrogen-bond acceptors (Lipinski definition) is 2. The van der Waals surface area contributed by atoms with Crippen molar-refractivity contribution in [2.75, 3.05) is 12.5 Å². The lowest BCUT2D eigenvalue weighted by atomic mass is 10.1. The molecule has 2 atom stereocenters. The Labute approximate surface area is 123 Å². The van der Waals surface area contributed by atoms with Gasteiger partial charge < -0.3 is 0 Å². The largest absolute Gasteiger partial charge is 0.255 e. The fourth-order valence-electron chi connectivity index (χ4n) is 1.63. The van der Waals surface area contributed by atoms with Gasteiger partial charge in [0.1, 0.15) is 0 Å². The van der Waals surface area contributed by atoms with Gasteiger partial charge in [-0.05, 0) is 24.5 Å². The van der Waals surface area contributed by atoms with Crippen LogP contribution in [0.15, 0.2) is 15.9 Å². The normalized spacial score (nSPS) is 14.5. The summed E-state index contributed by atoms with van der Waals surface area (Å²) in [4.78, 5) is 1.02. The summed E-state index contributed by atoms with van der Waals surface area (Å²) >= 11 is 12.5. The number of rotatable bonds is 5. The molecule has 0 fully saturated rings. The van der Waals surface area contributed by atoms with E-state index in [0.29, 0.717) is 26.3 Å². The van der Waals surface area contributed by atoms with Gasteiger partial charge in [0.05, 0.1) is 41.4 Å². The predicted molar refractivity (Wildman–Crippen MR) is 79.7 cm³/mol. The van der Waals surface area contributed by atoms with E-state index < -0.39 is 21.6 Å². The first kappa shape index (κ1) is 16.2. The van der Waals surface area contributed by atoms with Gasteiger partial charge >= 0.3 is 0 Å². The van der Waals surface area contributed by atoms with E-state index in [4.69, 9.17) is 23.2 Å². The van der Waals surface area contributed by atoms with Crippen molar-refractivity contribution >= 4 is 44.8 Å². The molecule has 0 saturated heterocycles. The van der Waals surface area contributed by atoms with E-state index >= 15 is 0 Å². The zero-order valence-electron chi connectivity index (χ0n) is 10.6. The summed E-state index contributed by atoms with van der Waals surface area (Å²) in [6.07, 6.45) is 5.78. The molecule has 2 unspecified atom stereocenters. The molecule has 1 aromatic rings. The minimum Gasteiger partial charge on any atom is -0.255 e. The van der Waals surface area contributed by atoms with E-state index in [2.05, 4.69) is 6.92 Å². The second-order valence-corrected chi connectivity index (χ2v) is 7.44. The molecule has 0 radical (unpaired) electrons. The minimum atomic E-state index is -1.22. The van der Waals surface area contributed by atoms with Crippen LogP contribution in [0.4, 0.5) is 0 Å². The van der Waals surface area contributed by atoms with Crippen molar-refractivity contribution in [1.82, 2.24) is 0 Å². The van der Waals surface area contributed by atoms with Crippen molar-refractivity contribution in [3.8, 4) is 0 Å². The molecule has 0 bridgehead atoms. The molecule has 0 amide bonds. The molecule has 1 aromatic carbocycles. The van der Waals surface area contributed by atoms with E-state index in [1.165, 1.54) is 0 Å². The van der Waals surface area contributed by atoms with Crippen molar-refractivity contribution in [2.24, 2.45) is 0 Å². The van der Waals surface area contributed by atoms with Crippen LogP contribution >= 0.6 is 23.2 Å². The maximum atomic E-state index is 11.7. The third kappa shape index (κ3) is 3.56. The van der Waals surface area contributed by atoms with Gasteiger partial charge in [0, 0.05) is 12.5 Å². The molecule has 0 aliphatic heterocycles. The predicted octanol–water partition coefficient (Wildman–Crippen LogP) is 3.81. The minimum absolute atomic E-state index is 0.448. The molecule has 2 nitrogen and oxygen atoms in total. The van der Waals surface area contributed by atoms with E-state index in [-0.39, 0.29) is 0 Å². The fraction of sp³-hybridized carbons (Fsp3) is 0.500. The summed E-state index contributed by atoms with van der Waals surface area (Å²) in [6.45, 7) is 2.07. The lowest BCUT2D eigenvalue weighted by Crippen LogP contribution is -2.01. The monoisotopic (exact) mass is 326 g/mol. The van der Waals surface area contributed by atoms with Crippen LogP contribution in [0.3, 0.4) is 0 Å². The zero-order chi connectivity index (χ0) is 13.9. The van der Waals surface area contributed by atoms with E-state index in [0.717, 1.165) is 18.4 Å². The van der Waals surface area contributed by atoms with E-state index in [1.807, 2.05) is 0 Å². The summed E-state index contributed by atoms with van der Waals surface area (Å²) in [6, 6.07) is 1.59. The highest BCUT2D eigenvalue weighted by Gasteiger charge is 2.18. The molecular weight excluding hydrogens is 311 g/mol. The summed E-state index contributed by atoms with van der Waals surface area (Å²) in [5.74, 6) is 0. The van der Waals surface area contributed by atoms with Crippen LogP contribution in [-0.4, -0.2) is 20.9 Å². The number of unbranched alkanes of at least 4 members (excludes halogenated alkanes) is 1. The highest BCUT2D eigenvalue weighted by molar-refractivity contribution is 7.85. The molecule has 18 heavy (non-hydrogen) atoms. The Morgan fingerprint density at radius 1 is 1.06 bits per heavy atom. The third-order valence-corrected chi connectivity index (χ3v) is 5.59. The van der Waals surface area contributed by atoms with Crippen LogP contribution in [0.5, 0.6) is 0 Å². The summed E-state index contributed by atoms with van der Waals surface area (Å²) in [5, 5.41) is 0.895. The lowest BCUT2D eigenvalue weighted by molar-refractivity contribution is 0.685. The highest BCUT2D eigenvalue weighted by Crippen LogP contribution is 2.35. The topological polar surface area (TPSA) is 34.1 Å². The van der Waals surface area contributed by atoms with Crippen LogP contribution in [0.2, 0.25) is 10.0 Å². The smallest absolute Gasteiger partial charge is 0.0615 e. The molecule has 0 aliphatic carbocycles. The molecule has 0 spiro atoms. The average molecular weight is 327 g/mol. The molecule has 0 aliphatic rings. The van der Waals surface area contributed by atoms with Gasteiger partial charge in [-0.3, -0.25) is 8.42 Å². The van der Waals surface area contributed by atoms with Gasteiger partial charge in [0.15, 0.2) is 0 Å². The Kier molecular flexibility index (Phi) is 6.31. The maximum absolute atomic E-state index is 11.7. The van der Waals surface area contributed by atoms with Crippen molar-refractivity contribution in [3.05, 3.63) is 21.7 Å². The molecule has 102 valence electrons. The first-order valence-electron chi connectivity index (χ1n) is 5.57. The molecule has 6 heteroatoms. The lowest BCUT2D eigenvalue weighted by Gasteiger charge is -2.13.